The maximum absolute atomic E-state index is 10.7. The molecular weight excluding hydrogens is 503 g/mol. The van der Waals surface area contributed by atoms with Crippen molar-refractivity contribution in [3.05, 3.63) is 102 Å². The molecule has 4 aromatic rings. The van der Waals surface area contributed by atoms with Gasteiger partial charge in [-0.2, -0.15) is 13.2 Å². The van der Waals surface area contributed by atoms with Crippen LogP contribution in [-0.2, 0) is 17.2 Å². The first-order valence-electron chi connectivity index (χ1n) is 11.1. The van der Waals surface area contributed by atoms with Crippen molar-refractivity contribution >= 4 is 28.0 Å². The van der Waals surface area contributed by atoms with Gasteiger partial charge in [0.25, 0.3) is 0 Å². The summed E-state index contributed by atoms with van der Waals surface area (Å²) in [6.45, 7) is 0. The third-order valence-corrected chi connectivity index (χ3v) is 5.95. The maximum atomic E-state index is 10.7. The van der Waals surface area contributed by atoms with E-state index < -0.39 is 15.6 Å². The van der Waals surface area contributed by atoms with Gasteiger partial charge in [0.05, 0.1) is 0 Å². The van der Waals surface area contributed by atoms with Gasteiger partial charge in [-0.15, -0.1) is 9.36 Å². The number of alkyl halides is 3. The van der Waals surface area contributed by atoms with Gasteiger partial charge >= 0.3 is 5.51 Å². The summed E-state index contributed by atoms with van der Waals surface area (Å²) in [6.07, 6.45) is 4.35. The molecular formula is C27H26F3N3O3S. The SMILES string of the molecule is CN(C)c1ccc(/C=C/c2cc(-c3ccccc3)[n+](C)n2-c2ccccc2)cc1.O=S(=O)([O-])C(F)(F)F. The summed E-state index contributed by atoms with van der Waals surface area (Å²) in [5, 5.41) is 0. The number of rotatable bonds is 5. The monoisotopic (exact) mass is 529 g/mol. The number of benzene rings is 3. The topological polar surface area (TPSA) is 69.2 Å². The molecule has 1 heterocycles. The summed E-state index contributed by atoms with van der Waals surface area (Å²) in [7, 11) is 0.136. The lowest BCUT2D eigenvalue weighted by Gasteiger charge is -2.11. The molecule has 37 heavy (non-hydrogen) atoms. The fraction of sp³-hybridized carbons (Fsp3) is 0.148. The van der Waals surface area contributed by atoms with Gasteiger partial charge in [-0.25, -0.2) is 8.42 Å². The Morgan fingerprint density at radius 1 is 0.865 bits per heavy atom. The van der Waals surface area contributed by atoms with E-state index in [9.17, 15) is 13.2 Å². The molecule has 0 atom stereocenters. The van der Waals surface area contributed by atoms with Gasteiger partial charge < -0.3 is 9.45 Å². The van der Waals surface area contributed by atoms with E-state index in [0.29, 0.717) is 0 Å². The van der Waals surface area contributed by atoms with Crippen LogP contribution in [0.3, 0.4) is 0 Å². The Bertz CT molecular complexity index is 1450. The molecule has 0 saturated heterocycles. The maximum Gasteiger partial charge on any atom is 0.485 e. The van der Waals surface area contributed by atoms with Crippen molar-refractivity contribution in [2.45, 2.75) is 5.51 Å². The van der Waals surface area contributed by atoms with Gasteiger partial charge in [-0.1, -0.05) is 54.6 Å². The van der Waals surface area contributed by atoms with Gasteiger partial charge in [0.2, 0.25) is 5.69 Å². The first kappa shape index (κ1) is 27.7. The van der Waals surface area contributed by atoms with E-state index in [2.05, 4.69) is 132 Å². The van der Waals surface area contributed by atoms with E-state index in [0.717, 1.165) is 11.4 Å². The van der Waals surface area contributed by atoms with E-state index in [1.165, 1.54) is 22.5 Å². The lowest BCUT2D eigenvalue weighted by Crippen LogP contribution is -2.40. The molecule has 0 bridgehead atoms. The van der Waals surface area contributed by atoms with Crippen LogP contribution < -0.4 is 9.58 Å². The zero-order valence-corrected chi connectivity index (χ0v) is 21.2. The predicted molar refractivity (Wildman–Crippen MR) is 138 cm³/mol. The molecule has 0 aliphatic carbocycles. The third-order valence-electron chi connectivity index (χ3n) is 5.39. The Morgan fingerprint density at radius 2 is 1.38 bits per heavy atom. The third kappa shape index (κ3) is 7.08. The van der Waals surface area contributed by atoms with Gasteiger partial charge in [0.1, 0.15) is 11.4 Å². The number of aromatic nitrogens is 2. The van der Waals surface area contributed by atoms with Crippen molar-refractivity contribution in [2.75, 3.05) is 19.0 Å². The zero-order chi connectivity index (χ0) is 27.2. The lowest BCUT2D eigenvalue weighted by atomic mass is 10.1. The minimum Gasteiger partial charge on any atom is -0.741 e. The Labute approximate surface area is 214 Å². The number of hydrogen-bond acceptors (Lipinski definition) is 4. The average molecular weight is 530 g/mol. The molecule has 0 unspecified atom stereocenters. The predicted octanol–water partition coefficient (Wildman–Crippen LogP) is 5.26. The molecule has 10 heteroatoms. The Morgan fingerprint density at radius 3 is 1.86 bits per heavy atom. The summed E-state index contributed by atoms with van der Waals surface area (Å²) in [5.41, 5.74) is 1.39. The fourth-order valence-corrected chi connectivity index (χ4v) is 3.53. The van der Waals surface area contributed by atoms with Gasteiger partial charge in [-0.05, 0) is 48.0 Å². The van der Waals surface area contributed by atoms with Crippen molar-refractivity contribution in [3.8, 4) is 16.9 Å². The fourth-order valence-electron chi connectivity index (χ4n) is 3.53. The summed E-state index contributed by atoms with van der Waals surface area (Å²) in [5.74, 6) is 0. The van der Waals surface area contributed by atoms with Crippen molar-refractivity contribution in [3.63, 3.8) is 0 Å². The summed E-state index contributed by atoms with van der Waals surface area (Å²) in [4.78, 5) is 2.11. The molecule has 0 N–H and O–H groups in total. The second-order valence-electron chi connectivity index (χ2n) is 8.21. The molecule has 3 aromatic carbocycles. The minimum atomic E-state index is -6.09. The second-order valence-corrected chi connectivity index (χ2v) is 9.58. The highest BCUT2D eigenvalue weighted by molar-refractivity contribution is 7.86. The summed E-state index contributed by atoms with van der Waals surface area (Å²) < 4.78 is 63.4. The van der Waals surface area contributed by atoms with Crippen LogP contribution in [0.1, 0.15) is 11.3 Å². The highest BCUT2D eigenvalue weighted by Gasteiger charge is 2.36. The zero-order valence-electron chi connectivity index (χ0n) is 20.4. The van der Waals surface area contributed by atoms with Crippen molar-refractivity contribution in [1.82, 2.24) is 4.68 Å². The van der Waals surface area contributed by atoms with Crippen LogP contribution in [0.2, 0.25) is 0 Å². The van der Waals surface area contributed by atoms with E-state index in [1.54, 1.807) is 0 Å². The van der Waals surface area contributed by atoms with Crippen LogP contribution in [0, 0.1) is 0 Å². The van der Waals surface area contributed by atoms with Crippen molar-refractivity contribution in [2.24, 2.45) is 7.05 Å². The van der Waals surface area contributed by atoms with E-state index in [-0.39, 0.29) is 0 Å². The van der Waals surface area contributed by atoms with Crippen LogP contribution in [0.25, 0.3) is 29.1 Å². The number of hydrogen-bond donors (Lipinski definition) is 0. The second kappa shape index (κ2) is 11.4. The van der Waals surface area contributed by atoms with E-state index in [1.807, 2.05) is 6.07 Å². The Hall–Kier alpha value is -3.89. The normalized spacial score (nSPS) is 11.8. The molecule has 0 aliphatic heterocycles. The van der Waals surface area contributed by atoms with Gasteiger partial charge in [0.15, 0.2) is 17.2 Å². The molecule has 0 spiro atoms. The molecule has 194 valence electrons. The lowest BCUT2D eigenvalue weighted by molar-refractivity contribution is -0.734. The molecule has 0 fully saturated rings. The first-order chi connectivity index (χ1) is 17.4. The van der Waals surface area contributed by atoms with Crippen LogP contribution in [-0.4, -0.2) is 37.3 Å². The largest absolute Gasteiger partial charge is 0.741 e. The average Bonchev–Trinajstić information content (AvgIpc) is 3.19. The highest BCUT2D eigenvalue weighted by atomic mass is 32.2. The molecule has 0 aliphatic rings. The molecule has 0 radical (unpaired) electrons. The number of halogens is 3. The molecule has 0 saturated carbocycles. The smallest absolute Gasteiger partial charge is 0.485 e. The van der Waals surface area contributed by atoms with Crippen LogP contribution >= 0.6 is 0 Å². The number of para-hydroxylation sites is 1. The molecule has 0 amide bonds. The molecule has 4 rings (SSSR count). The highest BCUT2D eigenvalue weighted by Crippen LogP contribution is 2.22. The van der Waals surface area contributed by atoms with Gasteiger partial charge in [0, 0.05) is 31.4 Å². The van der Waals surface area contributed by atoms with Crippen molar-refractivity contribution < 1.29 is 30.8 Å². The van der Waals surface area contributed by atoms with Crippen LogP contribution in [0.15, 0.2) is 91.0 Å². The molecule has 1 aromatic heterocycles. The first-order valence-corrected chi connectivity index (χ1v) is 12.5. The molecule has 6 nitrogen and oxygen atoms in total. The van der Waals surface area contributed by atoms with Crippen molar-refractivity contribution in [1.29, 1.82) is 0 Å². The standard InChI is InChI=1S/C26H26N3.CHF3O3S/c1-27(2)23-17-14-21(15-18-23)16-19-25-20-26(22-10-6-4-7-11-22)28(3)29(25)24-12-8-5-9-13-24;2-1(3,4)8(5,6)7/h4-20H,1-3H3;(H,5,6,7)/q+1;/p-1. The van der Waals surface area contributed by atoms with E-state index >= 15 is 0 Å². The Balaban J connectivity index is 0.000000414. The summed E-state index contributed by atoms with van der Waals surface area (Å²) in [6, 6.07) is 31.8. The quantitative estimate of drug-likeness (QED) is 0.201. The Kier molecular flexibility index (Phi) is 8.57. The number of nitrogens with zero attached hydrogens (tertiary/aromatic N) is 3. The van der Waals surface area contributed by atoms with Crippen LogP contribution in [0.5, 0.6) is 0 Å². The minimum absolute atomic E-state index is 1.13. The number of anilines is 1. The van der Waals surface area contributed by atoms with Crippen LogP contribution in [0.4, 0.5) is 18.9 Å². The van der Waals surface area contributed by atoms with Gasteiger partial charge in [-0.3, -0.25) is 0 Å². The summed E-state index contributed by atoms with van der Waals surface area (Å²) >= 11 is 0. The van der Waals surface area contributed by atoms with E-state index in [4.69, 9.17) is 13.0 Å².